The van der Waals surface area contributed by atoms with Gasteiger partial charge in [0.25, 0.3) is 5.91 Å². The van der Waals surface area contributed by atoms with Crippen molar-refractivity contribution in [2.75, 3.05) is 6.54 Å². The molecule has 0 saturated carbocycles. The maximum absolute atomic E-state index is 12.2. The first-order valence-electron chi connectivity index (χ1n) is 8.16. The minimum atomic E-state index is -0.671. The van der Waals surface area contributed by atoms with E-state index in [9.17, 15) is 19.5 Å². The Hall–Kier alpha value is -2.89. The molecule has 1 atom stereocenters. The second-order valence-electron chi connectivity index (χ2n) is 5.35. The molecule has 1 unspecified atom stereocenters. The highest BCUT2D eigenvalue weighted by molar-refractivity contribution is 6.27. The summed E-state index contributed by atoms with van der Waals surface area (Å²) in [5.74, 6) is -1.55. The average molecular weight is 344 g/mol. The van der Waals surface area contributed by atoms with E-state index in [-0.39, 0.29) is 17.2 Å². The van der Waals surface area contributed by atoms with E-state index in [4.69, 9.17) is 0 Å². The molecule has 0 spiro atoms. The molecule has 1 saturated heterocycles. The van der Waals surface area contributed by atoms with Crippen LogP contribution in [0.25, 0.3) is 0 Å². The Bertz CT molecular complexity index is 654. The van der Waals surface area contributed by atoms with E-state index >= 15 is 0 Å². The van der Waals surface area contributed by atoms with Crippen LogP contribution in [0.5, 0.6) is 0 Å². The molecule has 1 rings (SSSR count). The molecule has 134 valence electrons. The van der Waals surface area contributed by atoms with Crippen molar-refractivity contribution in [2.24, 2.45) is 0 Å². The summed E-state index contributed by atoms with van der Waals surface area (Å²) in [5, 5.41) is 15.1. The SMILES string of the molecule is C/C=C/C=C/C(=O)NCCCC1NC(=O)/C(=C(O)/C=C/C=C/C)C1=O. The summed E-state index contributed by atoms with van der Waals surface area (Å²) in [6.45, 7) is 4.06. The number of Topliss-reactive ketones (excluding diaryl/α,β-unsaturated/α-hetero) is 1. The van der Waals surface area contributed by atoms with Crippen molar-refractivity contribution in [3.8, 4) is 0 Å². The number of ketones is 1. The summed E-state index contributed by atoms with van der Waals surface area (Å²) in [7, 11) is 0. The molecule has 2 amide bonds. The molecular formula is C19H24N2O4. The Morgan fingerprint density at radius 3 is 2.40 bits per heavy atom. The van der Waals surface area contributed by atoms with Crippen LogP contribution in [0, 0.1) is 0 Å². The molecule has 0 radical (unpaired) electrons. The van der Waals surface area contributed by atoms with Crippen molar-refractivity contribution < 1.29 is 19.5 Å². The number of nitrogens with one attached hydrogen (secondary N) is 2. The van der Waals surface area contributed by atoms with Crippen molar-refractivity contribution in [3.63, 3.8) is 0 Å². The summed E-state index contributed by atoms with van der Waals surface area (Å²) in [6.07, 6.45) is 13.8. The van der Waals surface area contributed by atoms with E-state index in [1.165, 1.54) is 12.2 Å². The Morgan fingerprint density at radius 2 is 1.76 bits per heavy atom. The van der Waals surface area contributed by atoms with Gasteiger partial charge in [0.1, 0.15) is 11.3 Å². The second kappa shape index (κ2) is 10.8. The standard InChI is InChI=1S/C19H24N2O4/c1-3-5-7-11-15(22)17-18(24)14(21-19(17)25)10-9-13-20-16(23)12-8-6-4-2/h3-8,11-12,14,22H,9-10,13H2,1-2H3,(H,20,23)(H,21,25)/b5-3+,6-4+,11-7+,12-8+,17-15-. The number of aliphatic hydroxyl groups excluding tert-OH is 1. The van der Waals surface area contributed by atoms with Gasteiger partial charge in [0.15, 0.2) is 5.78 Å². The van der Waals surface area contributed by atoms with Crippen LogP contribution in [0.4, 0.5) is 0 Å². The molecule has 0 aromatic rings. The molecule has 6 nitrogen and oxygen atoms in total. The number of carbonyl (C=O) groups is 3. The topological polar surface area (TPSA) is 95.5 Å². The van der Waals surface area contributed by atoms with Gasteiger partial charge in [-0.2, -0.15) is 0 Å². The summed E-state index contributed by atoms with van der Waals surface area (Å²) in [6, 6.07) is -0.671. The smallest absolute Gasteiger partial charge is 0.259 e. The van der Waals surface area contributed by atoms with Gasteiger partial charge in [-0.25, -0.2) is 0 Å². The lowest BCUT2D eigenvalue weighted by Crippen LogP contribution is -2.30. The van der Waals surface area contributed by atoms with Crippen molar-refractivity contribution in [3.05, 3.63) is 59.9 Å². The van der Waals surface area contributed by atoms with Crippen LogP contribution in [0.3, 0.4) is 0 Å². The molecular weight excluding hydrogens is 320 g/mol. The van der Waals surface area contributed by atoms with Gasteiger partial charge in [-0.1, -0.05) is 36.5 Å². The van der Waals surface area contributed by atoms with Crippen molar-refractivity contribution in [2.45, 2.75) is 32.7 Å². The highest BCUT2D eigenvalue weighted by atomic mass is 16.3. The van der Waals surface area contributed by atoms with Gasteiger partial charge >= 0.3 is 0 Å². The largest absolute Gasteiger partial charge is 0.507 e. The molecule has 0 bridgehead atoms. The monoisotopic (exact) mass is 344 g/mol. The fourth-order valence-electron chi connectivity index (χ4n) is 2.20. The number of allylic oxidation sites excluding steroid dienone is 7. The Balaban J connectivity index is 2.51. The second-order valence-corrected chi connectivity index (χ2v) is 5.35. The Labute approximate surface area is 147 Å². The van der Waals surface area contributed by atoms with Crippen molar-refractivity contribution in [1.29, 1.82) is 0 Å². The number of amides is 2. The quantitative estimate of drug-likeness (QED) is 0.206. The predicted molar refractivity (Wildman–Crippen MR) is 96.7 cm³/mol. The molecule has 1 heterocycles. The normalized spacial score (nSPS) is 20.3. The number of hydrogen-bond donors (Lipinski definition) is 3. The van der Waals surface area contributed by atoms with E-state index in [1.807, 2.05) is 19.9 Å². The fraction of sp³-hybridized carbons (Fsp3) is 0.316. The molecule has 0 aromatic carbocycles. The van der Waals surface area contributed by atoms with Crippen LogP contribution in [-0.2, 0) is 14.4 Å². The average Bonchev–Trinajstić information content (AvgIpc) is 2.86. The fourth-order valence-corrected chi connectivity index (χ4v) is 2.20. The number of aliphatic hydroxyl groups is 1. The lowest BCUT2D eigenvalue weighted by atomic mass is 10.0. The van der Waals surface area contributed by atoms with Crippen molar-refractivity contribution in [1.82, 2.24) is 10.6 Å². The maximum Gasteiger partial charge on any atom is 0.259 e. The van der Waals surface area contributed by atoms with Gasteiger partial charge in [0.05, 0.1) is 6.04 Å². The number of rotatable bonds is 8. The van der Waals surface area contributed by atoms with E-state index in [2.05, 4.69) is 10.6 Å². The zero-order valence-electron chi connectivity index (χ0n) is 14.5. The van der Waals surface area contributed by atoms with E-state index in [0.717, 1.165) is 0 Å². The van der Waals surface area contributed by atoms with Gasteiger partial charge in [-0.15, -0.1) is 0 Å². The third kappa shape index (κ3) is 6.63. The van der Waals surface area contributed by atoms with Crippen LogP contribution in [0.1, 0.15) is 26.7 Å². The predicted octanol–water partition coefficient (Wildman–Crippen LogP) is 2.03. The van der Waals surface area contributed by atoms with Crippen LogP contribution in [0.2, 0.25) is 0 Å². The number of carbonyl (C=O) groups excluding carboxylic acids is 3. The van der Waals surface area contributed by atoms with Crippen LogP contribution in [0.15, 0.2) is 59.9 Å². The molecule has 0 aromatic heterocycles. The highest BCUT2D eigenvalue weighted by Crippen LogP contribution is 2.17. The zero-order valence-corrected chi connectivity index (χ0v) is 14.5. The first-order valence-corrected chi connectivity index (χ1v) is 8.16. The highest BCUT2D eigenvalue weighted by Gasteiger charge is 2.37. The van der Waals surface area contributed by atoms with Gasteiger partial charge < -0.3 is 15.7 Å². The van der Waals surface area contributed by atoms with E-state index in [1.54, 1.807) is 30.4 Å². The van der Waals surface area contributed by atoms with E-state index in [0.29, 0.717) is 19.4 Å². The number of hydrogen-bond acceptors (Lipinski definition) is 4. The van der Waals surface area contributed by atoms with Crippen LogP contribution >= 0.6 is 0 Å². The minimum absolute atomic E-state index is 0.216. The maximum atomic E-state index is 12.2. The first kappa shape index (κ1) is 20.2. The third-order valence-corrected chi connectivity index (χ3v) is 3.43. The lowest BCUT2D eigenvalue weighted by Gasteiger charge is -2.07. The molecule has 1 aliphatic heterocycles. The van der Waals surface area contributed by atoms with Gasteiger partial charge in [0, 0.05) is 12.6 Å². The lowest BCUT2D eigenvalue weighted by molar-refractivity contribution is -0.118. The molecule has 1 aliphatic rings. The third-order valence-electron chi connectivity index (χ3n) is 3.43. The summed E-state index contributed by atoms with van der Waals surface area (Å²) >= 11 is 0. The molecule has 0 aliphatic carbocycles. The summed E-state index contributed by atoms with van der Waals surface area (Å²) in [5.41, 5.74) is -0.218. The van der Waals surface area contributed by atoms with E-state index < -0.39 is 17.7 Å². The van der Waals surface area contributed by atoms with Crippen molar-refractivity contribution >= 4 is 17.6 Å². The molecule has 6 heteroatoms. The zero-order chi connectivity index (χ0) is 18.7. The van der Waals surface area contributed by atoms with Gasteiger partial charge in [-0.3, -0.25) is 14.4 Å². The molecule has 1 fully saturated rings. The first-order chi connectivity index (χ1) is 12.0. The summed E-state index contributed by atoms with van der Waals surface area (Å²) < 4.78 is 0. The Kier molecular flexibility index (Phi) is 8.71. The molecule has 3 N–H and O–H groups in total. The molecule has 25 heavy (non-hydrogen) atoms. The van der Waals surface area contributed by atoms with Gasteiger partial charge in [0.2, 0.25) is 5.91 Å². The summed E-state index contributed by atoms with van der Waals surface area (Å²) in [4.78, 5) is 35.6. The minimum Gasteiger partial charge on any atom is -0.507 e. The Morgan fingerprint density at radius 1 is 1.12 bits per heavy atom. The van der Waals surface area contributed by atoms with Gasteiger partial charge in [-0.05, 0) is 32.8 Å². The van der Waals surface area contributed by atoms with Crippen LogP contribution < -0.4 is 10.6 Å². The van der Waals surface area contributed by atoms with Crippen LogP contribution in [-0.4, -0.2) is 35.3 Å².